The first-order chi connectivity index (χ1) is 6.93. The molecule has 0 fully saturated rings. The van der Waals surface area contributed by atoms with E-state index in [1.165, 1.54) is 7.11 Å². The van der Waals surface area contributed by atoms with Crippen LogP contribution in [0, 0.1) is 5.92 Å². The lowest BCUT2D eigenvalue weighted by molar-refractivity contribution is -0.145. The smallest absolute Gasteiger partial charge is 0.326 e. The summed E-state index contributed by atoms with van der Waals surface area (Å²) in [4.78, 5) is 22.2. The van der Waals surface area contributed by atoms with Crippen LogP contribution >= 0.6 is 0 Å². The van der Waals surface area contributed by atoms with Crippen molar-refractivity contribution in [3.05, 3.63) is 0 Å². The maximum absolute atomic E-state index is 11.4. The molecule has 0 saturated heterocycles. The zero-order valence-corrected chi connectivity index (χ0v) is 9.19. The summed E-state index contributed by atoms with van der Waals surface area (Å²) >= 11 is 0. The maximum Gasteiger partial charge on any atom is 0.326 e. The number of methoxy groups -OCH3 is 1. The topological polar surface area (TPSA) is 102 Å². The maximum atomic E-state index is 11.4. The van der Waals surface area contributed by atoms with Gasteiger partial charge >= 0.3 is 5.97 Å². The number of carboxylic acids is 1. The van der Waals surface area contributed by atoms with Gasteiger partial charge in [0.2, 0.25) is 0 Å². The SMILES string of the molecule is COC(CN)C(=O)NC(C(=O)O)C(C)C. The van der Waals surface area contributed by atoms with Crippen LogP contribution in [0.1, 0.15) is 13.8 Å². The van der Waals surface area contributed by atoms with Crippen molar-refractivity contribution in [2.45, 2.75) is 26.0 Å². The van der Waals surface area contributed by atoms with Gasteiger partial charge in [-0.15, -0.1) is 0 Å². The second-order valence-corrected chi connectivity index (χ2v) is 3.53. The van der Waals surface area contributed by atoms with Gasteiger partial charge in [0, 0.05) is 13.7 Å². The zero-order chi connectivity index (χ0) is 12.0. The third-order valence-electron chi connectivity index (χ3n) is 2.02. The average molecular weight is 218 g/mol. The standard InChI is InChI=1S/C9H18N2O4/c1-5(2)7(9(13)14)11-8(12)6(4-10)15-3/h5-7H,4,10H2,1-3H3,(H,11,12)(H,13,14). The van der Waals surface area contributed by atoms with E-state index in [1.54, 1.807) is 13.8 Å². The molecule has 0 aliphatic heterocycles. The third kappa shape index (κ3) is 4.26. The molecule has 6 nitrogen and oxygen atoms in total. The quantitative estimate of drug-likeness (QED) is 0.541. The Balaban J connectivity index is 4.41. The number of carbonyl (C=O) groups excluding carboxylic acids is 1. The van der Waals surface area contributed by atoms with E-state index < -0.39 is 24.0 Å². The van der Waals surface area contributed by atoms with E-state index in [4.69, 9.17) is 15.6 Å². The monoisotopic (exact) mass is 218 g/mol. The van der Waals surface area contributed by atoms with Crippen LogP contribution in [-0.2, 0) is 14.3 Å². The highest BCUT2D eigenvalue weighted by Gasteiger charge is 2.26. The van der Waals surface area contributed by atoms with Crippen LogP contribution in [0.5, 0.6) is 0 Å². The van der Waals surface area contributed by atoms with Crippen molar-refractivity contribution in [3.8, 4) is 0 Å². The second-order valence-electron chi connectivity index (χ2n) is 3.53. The molecule has 15 heavy (non-hydrogen) atoms. The Morgan fingerprint density at radius 2 is 2.00 bits per heavy atom. The summed E-state index contributed by atoms with van der Waals surface area (Å²) in [6.45, 7) is 3.44. The fourth-order valence-electron chi connectivity index (χ4n) is 1.07. The molecule has 0 saturated carbocycles. The van der Waals surface area contributed by atoms with Gasteiger partial charge in [-0.05, 0) is 5.92 Å². The fourth-order valence-corrected chi connectivity index (χ4v) is 1.07. The Bertz CT molecular complexity index is 226. The summed E-state index contributed by atoms with van der Waals surface area (Å²) in [5.74, 6) is -1.76. The normalized spacial score (nSPS) is 14.7. The number of rotatable bonds is 6. The van der Waals surface area contributed by atoms with E-state index in [9.17, 15) is 9.59 Å². The van der Waals surface area contributed by atoms with Crippen LogP contribution in [-0.4, -0.2) is 42.8 Å². The predicted octanol–water partition coefficient (Wildman–Crippen LogP) is -0.814. The molecule has 0 bridgehead atoms. The Morgan fingerprint density at radius 3 is 2.27 bits per heavy atom. The largest absolute Gasteiger partial charge is 0.480 e. The highest BCUT2D eigenvalue weighted by atomic mass is 16.5. The molecule has 0 heterocycles. The van der Waals surface area contributed by atoms with Crippen LogP contribution in [0.4, 0.5) is 0 Å². The molecule has 4 N–H and O–H groups in total. The molecule has 0 rings (SSSR count). The van der Waals surface area contributed by atoms with E-state index in [0.717, 1.165) is 0 Å². The Labute approximate surface area is 88.8 Å². The van der Waals surface area contributed by atoms with Crippen molar-refractivity contribution in [2.24, 2.45) is 11.7 Å². The number of carbonyl (C=O) groups is 2. The van der Waals surface area contributed by atoms with Gasteiger partial charge in [-0.3, -0.25) is 4.79 Å². The number of hydrogen-bond donors (Lipinski definition) is 3. The molecule has 6 heteroatoms. The summed E-state index contributed by atoms with van der Waals surface area (Å²) in [5, 5.41) is 11.2. The van der Waals surface area contributed by atoms with Crippen LogP contribution < -0.4 is 11.1 Å². The Hall–Kier alpha value is -1.14. The molecule has 0 aliphatic rings. The van der Waals surface area contributed by atoms with Crippen molar-refractivity contribution in [2.75, 3.05) is 13.7 Å². The molecular weight excluding hydrogens is 200 g/mol. The minimum atomic E-state index is -1.06. The lowest BCUT2D eigenvalue weighted by atomic mass is 10.0. The molecule has 2 atom stereocenters. The lowest BCUT2D eigenvalue weighted by Gasteiger charge is -2.20. The van der Waals surface area contributed by atoms with Crippen LogP contribution in [0.3, 0.4) is 0 Å². The van der Waals surface area contributed by atoms with Gasteiger partial charge in [-0.1, -0.05) is 13.8 Å². The zero-order valence-electron chi connectivity index (χ0n) is 9.19. The van der Waals surface area contributed by atoms with Gasteiger partial charge < -0.3 is 20.9 Å². The number of amides is 1. The summed E-state index contributed by atoms with van der Waals surface area (Å²) in [6, 6.07) is -0.915. The van der Waals surface area contributed by atoms with Crippen LogP contribution in [0.25, 0.3) is 0 Å². The minimum Gasteiger partial charge on any atom is -0.480 e. The fraction of sp³-hybridized carbons (Fsp3) is 0.778. The first-order valence-electron chi connectivity index (χ1n) is 4.70. The first kappa shape index (κ1) is 13.9. The number of nitrogens with one attached hydrogen (secondary N) is 1. The van der Waals surface area contributed by atoms with E-state index in [0.29, 0.717) is 0 Å². The lowest BCUT2D eigenvalue weighted by Crippen LogP contribution is -2.50. The van der Waals surface area contributed by atoms with E-state index in [1.807, 2.05) is 0 Å². The number of nitrogens with two attached hydrogens (primary N) is 1. The molecular formula is C9H18N2O4. The van der Waals surface area contributed by atoms with Gasteiger partial charge in [0.1, 0.15) is 12.1 Å². The highest BCUT2D eigenvalue weighted by Crippen LogP contribution is 2.02. The molecule has 0 aromatic rings. The first-order valence-corrected chi connectivity index (χ1v) is 4.70. The van der Waals surface area contributed by atoms with Gasteiger partial charge in [-0.2, -0.15) is 0 Å². The summed E-state index contributed by atoms with van der Waals surface area (Å²) in [6.07, 6.45) is -0.800. The molecule has 0 spiro atoms. The molecule has 2 unspecified atom stereocenters. The van der Waals surface area contributed by atoms with Crippen LogP contribution in [0.2, 0.25) is 0 Å². The minimum absolute atomic E-state index is 0.0206. The van der Waals surface area contributed by atoms with Gasteiger partial charge in [0.15, 0.2) is 0 Å². The van der Waals surface area contributed by atoms with E-state index in [-0.39, 0.29) is 12.5 Å². The van der Waals surface area contributed by atoms with Crippen molar-refractivity contribution in [3.63, 3.8) is 0 Å². The third-order valence-corrected chi connectivity index (χ3v) is 2.02. The average Bonchev–Trinajstić information content (AvgIpc) is 2.15. The van der Waals surface area contributed by atoms with Crippen molar-refractivity contribution < 1.29 is 19.4 Å². The van der Waals surface area contributed by atoms with Crippen molar-refractivity contribution >= 4 is 11.9 Å². The summed E-state index contributed by atoms with van der Waals surface area (Å²) in [5.41, 5.74) is 5.28. The number of carboxylic acid groups (broad SMARTS) is 1. The molecule has 1 amide bonds. The van der Waals surface area contributed by atoms with E-state index in [2.05, 4.69) is 5.32 Å². The second kappa shape index (κ2) is 6.36. The van der Waals surface area contributed by atoms with Crippen molar-refractivity contribution in [1.82, 2.24) is 5.32 Å². The predicted molar refractivity (Wildman–Crippen MR) is 54.3 cm³/mol. The Kier molecular flexibility index (Phi) is 5.88. The molecule has 0 aromatic carbocycles. The Morgan fingerprint density at radius 1 is 1.47 bits per heavy atom. The van der Waals surface area contributed by atoms with Gasteiger partial charge in [-0.25, -0.2) is 4.79 Å². The highest BCUT2D eigenvalue weighted by molar-refractivity contribution is 5.86. The molecule has 0 aliphatic carbocycles. The van der Waals surface area contributed by atoms with Gasteiger partial charge in [0.05, 0.1) is 0 Å². The summed E-state index contributed by atoms with van der Waals surface area (Å²) in [7, 11) is 1.35. The molecule has 88 valence electrons. The number of hydrogen-bond acceptors (Lipinski definition) is 4. The van der Waals surface area contributed by atoms with E-state index >= 15 is 0 Å². The van der Waals surface area contributed by atoms with Crippen molar-refractivity contribution in [1.29, 1.82) is 0 Å². The van der Waals surface area contributed by atoms with Gasteiger partial charge in [0.25, 0.3) is 5.91 Å². The molecule has 0 aromatic heterocycles. The number of ether oxygens (including phenoxy) is 1. The number of aliphatic carboxylic acids is 1. The summed E-state index contributed by atoms with van der Waals surface area (Å²) < 4.78 is 4.79. The molecule has 0 radical (unpaired) electrons. The van der Waals surface area contributed by atoms with Crippen LogP contribution in [0.15, 0.2) is 0 Å².